The van der Waals surface area contributed by atoms with Gasteiger partial charge >= 0.3 is 5.97 Å². The molecule has 0 aromatic rings. The van der Waals surface area contributed by atoms with Gasteiger partial charge in [-0.2, -0.15) is 0 Å². The van der Waals surface area contributed by atoms with Crippen LogP contribution in [-0.4, -0.2) is 25.1 Å². The van der Waals surface area contributed by atoms with Crippen molar-refractivity contribution < 1.29 is 9.53 Å². The fourth-order valence-corrected chi connectivity index (χ4v) is 1.88. The quantitative estimate of drug-likeness (QED) is 0.394. The summed E-state index contributed by atoms with van der Waals surface area (Å²) in [4.78, 5) is 11.0. The first-order valence-electron chi connectivity index (χ1n) is 5.44. The van der Waals surface area contributed by atoms with Gasteiger partial charge in [-0.25, -0.2) is 0 Å². The molecule has 0 amide bonds. The number of nitrogens with one attached hydrogen (secondary N) is 2. The number of esters is 1. The Balaban J connectivity index is 0.00000225. The first-order chi connectivity index (χ1) is 7.18. The summed E-state index contributed by atoms with van der Waals surface area (Å²) in [6.45, 7) is 2.17. The van der Waals surface area contributed by atoms with Crippen LogP contribution in [0.3, 0.4) is 0 Å². The molecule has 1 atom stereocenters. The summed E-state index contributed by atoms with van der Waals surface area (Å²) in [5, 5.41) is 10.1. The Morgan fingerprint density at radius 1 is 1.56 bits per heavy atom. The number of nitrogens with two attached hydrogens (primary N) is 1. The molecular weight excluding hydrogens is 230 g/mol. The van der Waals surface area contributed by atoms with Crippen LogP contribution >= 0.6 is 12.4 Å². The van der Waals surface area contributed by atoms with Crippen LogP contribution in [0.2, 0.25) is 0 Å². The van der Waals surface area contributed by atoms with Gasteiger partial charge in [-0.1, -0.05) is 0 Å². The van der Waals surface area contributed by atoms with Crippen LogP contribution in [-0.2, 0) is 9.53 Å². The van der Waals surface area contributed by atoms with Gasteiger partial charge in [-0.3, -0.25) is 10.2 Å². The molecule has 94 valence electrons. The van der Waals surface area contributed by atoms with Crippen molar-refractivity contribution in [3.63, 3.8) is 0 Å². The predicted molar refractivity (Wildman–Crippen MR) is 64.7 cm³/mol. The molecule has 0 aromatic heterocycles. The predicted octanol–water partition coefficient (Wildman–Crippen LogP) is 1.01. The highest BCUT2D eigenvalue weighted by Gasteiger charge is 2.13. The van der Waals surface area contributed by atoms with Gasteiger partial charge < -0.3 is 15.8 Å². The molecule has 0 aliphatic carbocycles. The second-order valence-electron chi connectivity index (χ2n) is 3.94. The van der Waals surface area contributed by atoms with Gasteiger partial charge in [0.05, 0.1) is 0 Å². The maximum Gasteiger partial charge on any atom is 0.313 e. The summed E-state index contributed by atoms with van der Waals surface area (Å²) in [6.07, 6.45) is 4.69. The van der Waals surface area contributed by atoms with E-state index in [4.69, 9.17) is 11.1 Å². The minimum atomic E-state index is -0.515. The van der Waals surface area contributed by atoms with E-state index in [0.29, 0.717) is 12.3 Å². The first kappa shape index (κ1) is 15.2. The van der Waals surface area contributed by atoms with Crippen molar-refractivity contribution in [1.82, 2.24) is 5.32 Å². The monoisotopic (exact) mass is 249 g/mol. The van der Waals surface area contributed by atoms with E-state index in [1.807, 2.05) is 0 Å². The number of amidine groups is 1. The Morgan fingerprint density at radius 3 is 2.88 bits per heavy atom. The average molecular weight is 250 g/mol. The summed E-state index contributed by atoms with van der Waals surface area (Å²) in [7, 11) is 0. The smallest absolute Gasteiger partial charge is 0.313 e. The maximum absolute atomic E-state index is 11.0. The number of rotatable bonds is 4. The summed E-state index contributed by atoms with van der Waals surface area (Å²) in [5.74, 6) is 0.287. The molecule has 0 spiro atoms. The van der Waals surface area contributed by atoms with Gasteiger partial charge in [-0.05, 0) is 44.7 Å². The van der Waals surface area contributed by atoms with E-state index in [0.717, 1.165) is 25.9 Å². The maximum atomic E-state index is 11.0. The lowest BCUT2D eigenvalue weighted by atomic mass is 9.94. The second kappa shape index (κ2) is 8.35. The fourth-order valence-electron chi connectivity index (χ4n) is 1.88. The van der Waals surface area contributed by atoms with Crippen molar-refractivity contribution in [2.75, 3.05) is 13.1 Å². The van der Waals surface area contributed by atoms with Crippen molar-refractivity contribution in [1.29, 1.82) is 5.41 Å². The van der Waals surface area contributed by atoms with Crippen LogP contribution in [0.25, 0.3) is 0 Å². The lowest BCUT2D eigenvalue weighted by molar-refractivity contribution is -0.135. The molecule has 0 bridgehead atoms. The number of hydrogen-bond donors (Lipinski definition) is 3. The van der Waals surface area contributed by atoms with Crippen molar-refractivity contribution in [2.24, 2.45) is 11.7 Å². The van der Waals surface area contributed by atoms with Crippen molar-refractivity contribution in [3.05, 3.63) is 0 Å². The van der Waals surface area contributed by atoms with E-state index in [-0.39, 0.29) is 12.4 Å². The third-order valence-corrected chi connectivity index (χ3v) is 2.62. The summed E-state index contributed by atoms with van der Waals surface area (Å²) >= 11 is 0. The number of hydrogen-bond acceptors (Lipinski definition) is 4. The van der Waals surface area contributed by atoms with Crippen LogP contribution in [0.15, 0.2) is 0 Å². The highest BCUT2D eigenvalue weighted by Crippen LogP contribution is 2.16. The molecule has 6 heteroatoms. The molecule has 1 rings (SSSR count). The van der Waals surface area contributed by atoms with E-state index < -0.39 is 12.0 Å². The van der Waals surface area contributed by atoms with Gasteiger partial charge in [-0.15, -0.1) is 12.4 Å². The largest absolute Gasteiger partial charge is 0.393 e. The van der Waals surface area contributed by atoms with Gasteiger partial charge in [0.25, 0.3) is 6.02 Å². The molecule has 1 saturated heterocycles. The average Bonchev–Trinajstić information content (AvgIpc) is 2.18. The zero-order valence-corrected chi connectivity index (χ0v) is 10.1. The van der Waals surface area contributed by atoms with Gasteiger partial charge in [0, 0.05) is 6.42 Å². The minimum Gasteiger partial charge on any atom is -0.393 e. The van der Waals surface area contributed by atoms with E-state index in [2.05, 4.69) is 10.1 Å². The molecule has 1 aliphatic heterocycles. The van der Waals surface area contributed by atoms with E-state index in [1.165, 1.54) is 12.8 Å². The van der Waals surface area contributed by atoms with Crippen LogP contribution in [0.4, 0.5) is 0 Å². The van der Waals surface area contributed by atoms with Crippen LogP contribution in [0, 0.1) is 11.3 Å². The third-order valence-electron chi connectivity index (χ3n) is 2.62. The molecule has 1 aliphatic rings. The topological polar surface area (TPSA) is 88.2 Å². The first-order valence-corrected chi connectivity index (χ1v) is 5.44. The number of piperidine rings is 1. The molecular formula is C10H20ClN3O2. The van der Waals surface area contributed by atoms with Crippen molar-refractivity contribution in [3.8, 4) is 0 Å². The Morgan fingerprint density at radius 2 is 2.31 bits per heavy atom. The van der Waals surface area contributed by atoms with E-state index in [9.17, 15) is 4.79 Å². The lowest BCUT2D eigenvalue weighted by Crippen LogP contribution is -2.29. The standard InChI is InChI=1S/C10H19N3O2.ClH/c11-10(12)15-9(14)5-1-3-8-4-2-6-13-7-8;/h8,13H,1-7H2,(H3,11,12);1H. The van der Waals surface area contributed by atoms with Crippen LogP contribution in [0.1, 0.15) is 32.1 Å². The van der Waals surface area contributed by atoms with Crippen LogP contribution in [0.5, 0.6) is 0 Å². The van der Waals surface area contributed by atoms with E-state index in [1.54, 1.807) is 0 Å². The highest BCUT2D eigenvalue weighted by molar-refractivity contribution is 5.85. The van der Waals surface area contributed by atoms with Gasteiger partial charge in [0.15, 0.2) is 0 Å². The number of ether oxygens (including phenoxy) is 1. The molecule has 1 heterocycles. The molecule has 4 N–H and O–H groups in total. The Bertz CT molecular complexity index is 230. The minimum absolute atomic E-state index is 0. The van der Waals surface area contributed by atoms with E-state index >= 15 is 0 Å². The zero-order valence-electron chi connectivity index (χ0n) is 9.33. The second-order valence-corrected chi connectivity index (χ2v) is 3.94. The molecule has 0 saturated carbocycles. The molecule has 1 unspecified atom stereocenters. The van der Waals surface area contributed by atoms with Crippen LogP contribution < -0.4 is 11.1 Å². The molecule has 5 nitrogen and oxygen atoms in total. The Hall–Kier alpha value is -0.810. The SMILES string of the molecule is Cl.N=C(N)OC(=O)CCCC1CCCNC1. The van der Waals surface area contributed by atoms with Gasteiger partial charge in [0.1, 0.15) is 0 Å². The fraction of sp³-hybridized carbons (Fsp3) is 0.800. The third kappa shape index (κ3) is 6.63. The highest BCUT2D eigenvalue weighted by atomic mass is 35.5. The molecule has 0 radical (unpaired) electrons. The van der Waals surface area contributed by atoms with Crippen molar-refractivity contribution in [2.45, 2.75) is 32.1 Å². The van der Waals surface area contributed by atoms with Gasteiger partial charge in [0.2, 0.25) is 0 Å². The molecule has 16 heavy (non-hydrogen) atoms. The molecule has 0 aromatic carbocycles. The summed E-state index contributed by atoms with van der Waals surface area (Å²) in [5.41, 5.74) is 4.94. The number of carbonyl (C=O) groups excluding carboxylic acids is 1. The number of carbonyl (C=O) groups is 1. The summed E-state index contributed by atoms with van der Waals surface area (Å²) < 4.78 is 4.45. The Kier molecular flexibility index (Phi) is 7.93. The number of halogens is 1. The summed E-state index contributed by atoms with van der Waals surface area (Å²) in [6, 6.07) is -0.515. The zero-order chi connectivity index (χ0) is 11.1. The molecule has 1 fully saturated rings. The lowest BCUT2D eigenvalue weighted by Gasteiger charge is -2.22. The Labute approximate surface area is 102 Å². The normalized spacial score (nSPS) is 19.6. The van der Waals surface area contributed by atoms with Crippen molar-refractivity contribution >= 4 is 24.4 Å².